The van der Waals surface area contributed by atoms with Crippen molar-refractivity contribution in [3.8, 4) is 0 Å². The van der Waals surface area contributed by atoms with Gasteiger partial charge in [0.05, 0.1) is 0 Å². The van der Waals surface area contributed by atoms with E-state index in [1.165, 1.54) is 37.8 Å². The van der Waals surface area contributed by atoms with Gasteiger partial charge >= 0.3 is 0 Å². The molecular weight excluding hydrogens is 298 g/mol. The third-order valence-electron chi connectivity index (χ3n) is 6.16. The average Bonchev–Trinajstić information content (AvgIpc) is 3.01. The molecule has 0 bridgehead atoms. The first-order valence-corrected chi connectivity index (χ1v) is 10.2. The number of nitrogens with zero attached hydrogens (tertiary/aromatic N) is 1. The fourth-order valence-electron chi connectivity index (χ4n) is 5.51. The molecule has 0 radical (unpaired) electrons. The highest BCUT2D eigenvalue weighted by Gasteiger charge is 2.52. The van der Waals surface area contributed by atoms with Crippen LogP contribution < -0.4 is 0 Å². The average molecular weight is 334 g/mol. The van der Waals surface area contributed by atoms with E-state index in [-0.39, 0.29) is 17.9 Å². The molecule has 3 heteroatoms. The van der Waals surface area contributed by atoms with Crippen molar-refractivity contribution in [3.05, 3.63) is 12.2 Å². The highest BCUT2D eigenvalue weighted by Crippen LogP contribution is 2.52. The molecule has 1 aliphatic heterocycles. The predicted octanol–water partition coefficient (Wildman–Crippen LogP) is 4.96. The first-order valence-electron chi connectivity index (χ1n) is 10.2. The highest BCUT2D eigenvalue weighted by atomic mass is 16.2. The first kappa shape index (κ1) is 19.2. The summed E-state index contributed by atoms with van der Waals surface area (Å²) in [6.45, 7) is 8.99. The van der Waals surface area contributed by atoms with Gasteiger partial charge in [0.25, 0.3) is 11.8 Å². The molecule has 1 aliphatic carbocycles. The second-order valence-electron chi connectivity index (χ2n) is 7.68. The Morgan fingerprint density at radius 3 is 1.33 bits per heavy atom. The Morgan fingerprint density at radius 2 is 1.00 bits per heavy atom. The van der Waals surface area contributed by atoms with Crippen molar-refractivity contribution in [3.63, 3.8) is 0 Å². The first-order chi connectivity index (χ1) is 11.6. The Morgan fingerprint density at radius 1 is 0.667 bits per heavy atom. The molecule has 2 rings (SSSR count). The van der Waals surface area contributed by atoms with Crippen molar-refractivity contribution in [1.29, 1.82) is 0 Å². The summed E-state index contributed by atoms with van der Waals surface area (Å²) < 4.78 is 0. The quantitative estimate of drug-likeness (QED) is 0.559. The van der Waals surface area contributed by atoms with Gasteiger partial charge in [0.2, 0.25) is 0 Å². The van der Waals surface area contributed by atoms with Crippen LogP contribution in [0.15, 0.2) is 12.2 Å². The maximum atomic E-state index is 12.4. The van der Waals surface area contributed by atoms with Gasteiger partial charge in [0.1, 0.15) is 0 Å². The largest absolute Gasteiger partial charge is 0.272 e. The lowest BCUT2D eigenvalue weighted by Gasteiger charge is -2.33. The van der Waals surface area contributed by atoms with Gasteiger partial charge in [-0.25, -0.2) is 0 Å². The van der Waals surface area contributed by atoms with Crippen molar-refractivity contribution < 1.29 is 9.59 Å². The molecule has 4 atom stereocenters. The van der Waals surface area contributed by atoms with E-state index >= 15 is 0 Å². The monoisotopic (exact) mass is 333 g/mol. The number of hydrogen-bond acceptors (Lipinski definition) is 2. The summed E-state index contributed by atoms with van der Waals surface area (Å²) in [5, 5.41) is 0. The summed E-state index contributed by atoms with van der Waals surface area (Å²) in [6.07, 6.45) is 12.3. The van der Waals surface area contributed by atoms with Crippen LogP contribution in [0.25, 0.3) is 0 Å². The van der Waals surface area contributed by atoms with Gasteiger partial charge in [-0.05, 0) is 36.5 Å². The lowest BCUT2D eigenvalue weighted by molar-refractivity contribution is -0.141. The second kappa shape index (κ2) is 8.82. The molecule has 0 aromatic carbocycles. The SMILES string of the molecule is CCC[C@H]1[C@H](CCC)[C@H](CCC)C(N2C(=O)C=CC2=O)[C@H]1CCC. The van der Waals surface area contributed by atoms with E-state index in [0.717, 1.165) is 25.7 Å². The van der Waals surface area contributed by atoms with E-state index in [1.807, 2.05) is 0 Å². The number of carbonyl (C=O) groups is 2. The maximum absolute atomic E-state index is 12.4. The lowest BCUT2D eigenvalue weighted by Crippen LogP contribution is -2.46. The Hall–Kier alpha value is -1.12. The van der Waals surface area contributed by atoms with Gasteiger partial charge in [0.15, 0.2) is 0 Å². The molecule has 2 aliphatic rings. The molecular formula is C21H35NO2. The molecule has 0 N–H and O–H groups in total. The van der Waals surface area contributed by atoms with Crippen LogP contribution in [-0.2, 0) is 9.59 Å². The summed E-state index contributed by atoms with van der Waals surface area (Å²) in [6, 6.07) is 0.119. The van der Waals surface area contributed by atoms with E-state index < -0.39 is 0 Å². The van der Waals surface area contributed by atoms with E-state index in [4.69, 9.17) is 0 Å². The van der Waals surface area contributed by atoms with E-state index in [0.29, 0.717) is 23.7 Å². The van der Waals surface area contributed by atoms with Gasteiger partial charge in [-0.1, -0.05) is 66.2 Å². The summed E-state index contributed by atoms with van der Waals surface area (Å²) in [7, 11) is 0. The minimum atomic E-state index is -0.0837. The minimum absolute atomic E-state index is 0.0837. The number of amides is 2. The fourth-order valence-corrected chi connectivity index (χ4v) is 5.51. The molecule has 0 aromatic rings. The highest BCUT2D eigenvalue weighted by molar-refractivity contribution is 6.13. The summed E-state index contributed by atoms with van der Waals surface area (Å²) in [5.74, 6) is 2.13. The Balaban J connectivity index is 2.40. The van der Waals surface area contributed by atoms with Crippen molar-refractivity contribution in [2.75, 3.05) is 0 Å². The molecule has 3 nitrogen and oxygen atoms in total. The zero-order chi connectivity index (χ0) is 17.7. The summed E-state index contributed by atoms with van der Waals surface area (Å²) in [4.78, 5) is 26.5. The van der Waals surface area contributed by atoms with Crippen LogP contribution in [0.5, 0.6) is 0 Å². The van der Waals surface area contributed by atoms with Crippen molar-refractivity contribution >= 4 is 11.8 Å². The molecule has 0 aromatic heterocycles. The standard InChI is InChI=1S/C21H35NO2/c1-5-9-15-16(10-6-2)18(12-8-4)21(17(15)11-7-3)22-19(23)13-14-20(22)24/h13-18,21H,5-12H2,1-4H3/t15-,16-,17-,18-/m0/s1. The normalized spacial score (nSPS) is 33.0. The molecule has 24 heavy (non-hydrogen) atoms. The lowest BCUT2D eigenvalue weighted by atomic mass is 9.79. The van der Waals surface area contributed by atoms with Crippen molar-refractivity contribution in [1.82, 2.24) is 4.90 Å². The Bertz CT molecular complexity index is 430. The van der Waals surface area contributed by atoms with Gasteiger partial charge < -0.3 is 0 Å². The minimum Gasteiger partial charge on any atom is -0.272 e. The van der Waals surface area contributed by atoms with Crippen LogP contribution in [0, 0.1) is 23.7 Å². The van der Waals surface area contributed by atoms with Crippen LogP contribution in [0.2, 0.25) is 0 Å². The van der Waals surface area contributed by atoms with Gasteiger partial charge in [-0.3, -0.25) is 14.5 Å². The maximum Gasteiger partial charge on any atom is 0.253 e. The van der Waals surface area contributed by atoms with E-state index in [1.54, 1.807) is 4.90 Å². The third kappa shape index (κ3) is 3.60. The molecule has 1 saturated carbocycles. The molecule has 1 heterocycles. The van der Waals surface area contributed by atoms with Gasteiger partial charge in [-0.15, -0.1) is 0 Å². The zero-order valence-electron chi connectivity index (χ0n) is 16.0. The zero-order valence-corrected chi connectivity index (χ0v) is 16.0. The second-order valence-corrected chi connectivity index (χ2v) is 7.68. The van der Waals surface area contributed by atoms with Crippen LogP contribution >= 0.6 is 0 Å². The Kier molecular flexibility index (Phi) is 7.06. The molecule has 136 valence electrons. The predicted molar refractivity (Wildman–Crippen MR) is 98.4 cm³/mol. The summed E-state index contributed by atoms with van der Waals surface area (Å²) in [5.41, 5.74) is 0. The van der Waals surface area contributed by atoms with Gasteiger partial charge in [0, 0.05) is 18.2 Å². The van der Waals surface area contributed by atoms with Crippen LogP contribution in [0.4, 0.5) is 0 Å². The molecule has 1 fully saturated rings. The topological polar surface area (TPSA) is 37.4 Å². The van der Waals surface area contributed by atoms with Crippen LogP contribution in [-0.4, -0.2) is 22.8 Å². The Labute approximate surface area is 147 Å². The van der Waals surface area contributed by atoms with Gasteiger partial charge in [-0.2, -0.15) is 0 Å². The smallest absolute Gasteiger partial charge is 0.253 e. The van der Waals surface area contributed by atoms with Crippen LogP contribution in [0.1, 0.15) is 79.1 Å². The number of rotatable bonds is 9. The molecule has 0 spiro atoms. The molecule has 2 amide bonds. The number of carbonyl (C=O) groups excluding carboxylic acids is 2. The van der Waals surface area contributed by atoms with E-state index in [2.05, 4.69) is 27.7 Å². The number of imide groups is 1. The third-order valence-corrected chi connectivity index (χ3v) is 6.16. The molecule has 0 saturated heterocycles. The van der Waals surface area contributed by atoms with Crippen molar-refractivity contribution in [2.45, 2.75) is 85.1 Å². The fraction of sp³-hybridized carbons (Fsp3) is 0.810. The number of hydrogen-bond donors (Lipinski definition) is 0. The van der Waals surface area contributed by atoms with Crippen molar-refractivity contribution in [2.24, 2.45) is 23.7 Å². The van der Waals surface area contributed by atoms with E-state index in [9.17, 15) is 9.59 Å². The molecule has 0 unspecified atom stereocenters. The van der Waals surface area contributed by atoms with Crippen LogP contribution in [0.3, 0.4) is 0 Å². The summed E-state index contributed by atoms with van der Waals surface area (Å²) >= 11 is 0.